The zero-order valence-electron chi connectivity index (χ0n) is 21.7. The van der Waals surface area contributed by atoms with Gasteiger partial charge in [0.1, 0.15) is 0 Å². The van der Waals surface area contributed by atoms with Gasteiger partial charge >= 0.3 is 0 Å². The van der Waals surface area contributed by atoms with Crippen molar-refractivity contribution in [3.63, 3.8) is 0 Å². The summed E-state index contributed by atoms with van der Waals surface area (Å²) in [4.78, 5) is 3.77. The van der Waals surface area contributed by atoms with Crippen LogP contribution in [-0.4, -0.2) is 46.6 Å². The molecule has 0 saturated carbocycles. The molecule has 0 aliphatic carbocycles. The van der Waals surface area contributed by atoms with Crippen LogP contribution in [0.4, 0.5) is 5.00 Å². The SMILES string of the molecule is CCCCN(CCCC)c1ccc(/C=c2/c(C(C)(C)C)nn3c(C(C)(C)COC)nnc23)s1. The van der Waals surface area contributed by atoms with Crippen molar-refractivity contribution in [1.29, 1.82) is 0 Å². The lowest BCUT2D eigenvalue weighted by atomic mass is 9.91. The Morgan fingerprint density at radius 1 is 1.03 bits per heavy atom. The minimum atomic E-state index is -0.281. The van der Waals surface area contributed by atoms with E-state index in [1.807, 2.05) is 15.9 Å². The van der Waals surface area contributed by atoms with Gasteiger partial charge in [-0.15, -0.1) is 21.5 Å². The van der Waals surface area contributed by atoms with Crippen LogP contribution in [0, 0.1) is 0 Å². The first-order valence-electron chi connectivity index (χ1n) is 12.2. The van der Waals surface area contributed by atoms with Crippen LogP contribution in [0.1, 0.15) is 90.5 Å². The third-order valence-corrected chi connectivity index (χ3v) is 7.02. The Labute approximate surface area is 203 Å². The predicted octanol–water partition coefficient (Wildman–Crippen LogP) is 5.36. The highest BCUT2D eigenvalue weighted by Gasteiger charge is 2.31. The summed E-state index contributed by atoms with van der Waals surface area (Å²) in [6, 6.07) is 4.50. The molecule has 0 unspecified atom stereocenters. The van der Waals surface area contributed by atoms with E-state index < -0.39 is 0 Å². The molecule has 7 heteroatoms. The number of hydrogen-bond donors (Lipinski definition) is 0. The van der Waals surface area contributed by atoms with Gasteiger partial charge in [0, 0.05) is 35.7 Å². The van der Waals surface area contributed by atoms with Crippen LogP contribution >= 0.6 is 11.3 Å². The number of nitrogens with zero attached hydrogens (tertiary/aromatic N) is 5. The quantitative estimate of drug-likeness (QED) is 0.377. The highest BCUT2D eigenvalue weighted by atomic mass is 32.1. The summed E-state index contributed by atoms with van der Waals surface area (Å²) in [5.74, 6) is 0.835. The molecule has 0 aromatic carbocycles. The number of anilines is 1. The summed E-state index contributed by atoms with van der Waals surface area (Å²) in [6.45, 7) is 18.2. The van der Waals surface area contributed by atoms with E-state index in [9.17, 15) is 0 Å². The monoisotopic (exact) mass is 471 g/mol. The average Bonchev–Trinajstić information content (AvgIpc) is 3.44. The van der Waals surface area contributed by atoms with Crippen molar-refractivity contribution in [2.75, 3.05) is 31.7 Å². The number of ether oxygens (including phenoxy) is 1. The molecule has 0 fully saturated rings. The average molecular weight is 472 g/mol. The van der Waals surface area contributed by atoms with Crippen molar-refractivity contribution in [1.82, 2.24) is 19.8 Å². The maximum atomic E-state index is 5.44. The molecule has 0 radical (unpaired) electrons. The van der Waals surface area contributed by atoms with Crippen LogP contribution in [-0.2, 0) is 15.6 Å². The lowest BCUT2D eigenvalue weighted by Crippen LogP contribution is -2.27. The molecule has 3 rings (SSSR count). The van der Waals surface area contributed by atoms with Crippen LogP contribution < -0.4 is 10.1 Å². The number of thiophene rings is 1. The Balaban J connectivity index is 2.07. The second-order valence-corrected chi connectivity index (χ2v) is 11.7. The molecule has 0 aliphatic heterocycles. The van der Waals surface area contributed by atoms with E-state index in [1.165, 1.54) is 35.6 Å². The van der Waals surface area contributed by atoms with E-state index in [0.29, 0.717) is 6.61 Å². The van der Waals surface area contributed by atoms with Gasteiger partial charge in [-0.2, -0.15) is 9.61 Å². The predicted molar refractivity (Wildman–Crippen MR) is 140 cm³/mol. The third kappa shape index (κ3) is 5.75. The van der Waals surface area contributed by atoms with E-state index in [4.69, 9.17) is 9.84 Å². The summed E-state index contributed by atoms with van der Waals surface area (Å²) < 4.78 is 7.37. The van der Waals surface area contributed by atoms with E-state index in [1.54, 1.807) is 7.11 Å². The van der Waals surface area contributed by atoms with E-state index in [2.05, 4.69) is 81.8 Å². The lowest BCUT2D eigenvalue weighted by Gasteiger charge is -2.22. The fourth-order valence-electron chi connectivity index (χ4n) is 4.10. The Hall–Kier alpha value is -1.99. The highest BCUT2D eigenvalue weighted by molar-refractivity contribution is 7.16. The topological polar surface area (TPSA) is 55.6 Å². The van der Waals surface area contributed by atoms with Gasteiger partial charge in [-0.25, -0.2) is 0 Å². The lowest BCUT2D eigenvalue weighted by molar-refractivity contribution is 0.141. The Morgan fingerprint density at radius 3 is 2.27 bits per heavy atom. The molecule has 3 aromatic rings. The van der Waals surface area contributed by atoms with Crippen molar-refractivity contribution >= 4 is 28.1 Å². The largest absolute Gasteiger partial charge is 0.384 e. The van der Waals surface area contributed by atoms with Crippen LogP contribution in [0.5, 0.6) is 0 Å². The molecular formula is C26H41N5OS. The fourth-order valence-corrected chi connectivity index (χ4v) is 5.10. The van der Waals surface area contributed by atoms with Crippen molar-refractivity contribution in [2.24, 2.45) is 0 Å². The summed E-state index contributed by atoms with van der Waals surface area (Å²) in [5, 5.41) is 16.5. The zero-order valence-corrected chi connectivity index (χ0v) is 22.6. The number of aromatic nitrogens is 4. The molecule has 0 spiro atoms. The van der Waals surface area contributed by atoms with Crippen LogP contribution in [0.15, 0.2) is 12.1 Å². The van der Waals surface area contributed by atoms with Gasteiger partial charge in [0.2, 0.25) is 0 Å². The molecule has 3 heterocycles. The maximum absolute atomic E-state index is 5.44. The summed E-state index contributed by atoms with van der Waals surface area (Å²) in [5.41, 5.74) is 1.48. The van der Waals surface area contributed by atoms with Crippen molar-refractivity contribution in [3.8, 4) is 0 Å². The molecule has 6 nitrogen and oxygen atoms in total. The van der Waals surface area contributed by atoms with Gasteiger partial charge < -0.3 is 9.64 Å². The second kappa shape index (κ2) is 10.5. The van der Waals surface area contributed by atoms with Gasteiger partial charge in [0.25, 0.3) is 0 Å². The molecule has 0 saturated heterocycles. The first kappa shape index (κ1) is 25.6. The molecule has 33 heavy (non-hydrogen) atoms. The van der Waals surface area contributed by atoms with E-state index in [0.717, 1.165) is 35.5 Å². The normalized spacial score (nSPS) is 13.4. The smallest absolute Gasteiger partial charge is 0.187 e. The number of methoxy groups -OCH3 is 1. The molecule has 0 N–H and O–H groups in total. The molecule has 0 atom stereocenters. The summed E-state index contributed by atoms with van der Waals surface area (Å²) in [7, 11) is 1.72. The number of fused-ring (bicyclic) bond motifs is 1. The molecule has 0 amide bonds. The minimum absolute atomic E-state index is 0.108. The number of unbranched alkanes of at least 4 members (excludes halogenated alkanes) is 2. The van der Waals surface area contributed by atoms with Gasteiger partial charge in [0.05, 0.1) is 22.7 Å². The minimum Gasteiger partial charge on any atom is -0.384 e. The Morgan fingerprint density at radius 2 is 1.70 bits per heavy atom. The summed E-state index contributed by atoms with van der Waals surface area (Å²) in [6.07, 6.45) is 7.13. The zero-order chi connectivity index (χ0) is 24.2. The highest BCUT2D eigenvalue weighted by Crippen LogP contribution is 2.29. The van der Waals surface area contributed by atoms with Gasteiger partial charge in [0.15, 0.2) is 11.5 Å². The van der Waals surface area contributed by atoms with Crippen molar-refractivity contribution in [2.45, 2.75) is 85.0 Å². The van der Waals surface area contributed by atoms with E-state index >= 15 is 0 Å². The molecule has 0 bridgehead atoms. The molecule has 3 aromatic heterocycles. The standard InChI is InChI=1S/C26H41N5OS/c1-9-11-15-30(16-12-10-2)21-14-13-19(33-21)17-20-22(25(3,4)5)29-31-23(20)27-28-24(31)26(6,7)18-32-8/h13-14,17H,9-12,15-16,18H2,1-8H3/b20-17-. The Bertz CT molecular complexity index is 1080. The number of rotatable bonds is 11. The van der Waals surface area contributed by atoms with E-state index in [-0.39, 0.29) is 10.8 Å². The third-order valence-electron chi connectivity index (χ3n) is 5.93. The molecular weight excluding hydrogens is 430 g/mol. The van der Waals surface area contributed by atoms with Gasteiger partial charge in [-0.1, -0.05) is 61.3 Å². The maximum Gasteiger partial charge on any atom is 0.187 e. The second-order valence-electron chi connectivity index (χ2n) is 10.6. The van der Waals surface area contributed by atoms with Crippen LogP contribution in [0.3, 0.4) is 0 Å². The van der Waals surface area contributed by atoms with Gasteiger partial charge in [-0.3, -0.25) is 0 Å². The first-order chi connectivity index (χ1) is 15.6. The fraction of sp³-hybridized carbons (Fsp3) is 0.654. The molecule has 182 valence electrons. The van der Waals surface area contributed by atoms with Gasteiger partial charge in [-0.05, 0) is 31.1 Å². The Kier molecular flexibility index (Phi) is 8.17. The molecule has 0 aliphatic rings. The summed E-state index contributed by atoms with van der Waals surface area (Å²) >= 11 is 1.85. The first-order valence-corrected chi connectivity index (χ1v) is 13.1. The van der Waals surface area contributed by atoms with Crippen LogP contribution in [0.2, 0.25) is 0 Å². The van der Waals surface area contributed by atoms with Crippen molar-refractivity contribution < 1.29 is 4.74 Å². The van der Waals surface area contributed by atoms with Crippen LogP contribution in [0.25, 0.3) is 11.7 Å². The van der Waals surface area contributed by atoms with Crippen molar-refractivity contribution in [3.05, 3.63) is 33.7 Å². The number of hydrogen-bond acceptors (Lipinski definition) is 6.